The van der Waals surface area contributed by atoms with Gasteiger partial charge in [0.05, 0.1) is 29.8 Å². The molecule has 5 rings (SSSR count). The minimum Gasteiger partial charge on any atom is -0.495 e. The largest absolute Gasteiger partial charge is 0.495 e. The third-order valence-electron chi connectivity index (χ3n) is 5.41. The topological polar surface area (TPSA) is 57.8 Å². The van der Waals surface area contributed by atoms with E-state index in [-0.39, 0.29) is 5.82 Å². The van der Waals surface area contributed by atoms with Crippen LogP contribution < -0.4 is 4.74 Å². The number of ether oxygens (including phenoxy) is 1. The van der Waals surface area contributed by atoms with E-state index in [2.05, 4.69) is 21.8 Å². The van der Waals surface area contributed by atoms with Gasteiger partial charge in [0.2, 0.25) is 0 Å². The van der Waals surface area contributed by atoms with Gasteiger partial charge in [-0.2, -0.15) is 0 Å². The third kappa shape index (κ3) is 3.76. The van der Waals surface area contributed by atoms with Gasteiger partial charge in [-0.25, -0.2) is 9.37 Å². The van der Waals surface area contributed by atoms with E-state index in [4.69, 9.17) is 16.3 Å². The van der Waals surface area contributed by atoms with Gasteiger partial charge in [-0.3, -0.25) is 4.57 Å². The molecular formula is C25H19ClFN5O. The van der Waals surface area contributed by atoms with Crippen LogP contribution in [0.15, 0.2) is 73.8 Å². The van der Waals surface area contributed by atoms with Crippen molar-refractivity contribution in [3.05, 3.63) is 95.9 Å². The summed E-state index contributed by atoms with van der Waals surface area (Å²) in [5, 5.41) is 9.34. The number of hydrogen-bond donors (Lipinski definition) is 0. The first-order valence-corrected chi connectivity index (χ1v) is 10.5. The van der Waals surface area contributed by atoms with Crippen LogP contribution in [0.3, 0.4) is 0 Å². The number of halogens is 2. The smallest absolute Gasteiger partial charge is 0.169 e. The number of nitrogens with zero attached hydrogens (tertiary/aromatic N) is 5. The second-order valence-corrected chi connectivity index (χ2v) is 8.01. The van der Waals surface area contributed by atoms with Crippen LogP contribution in [0.1, 0.15) is 11.3 Å². The number of imidazole rings is 1. The maximum absolute atomic E-state index is 13.4. The van der Waals surface area contributed by atoms with Crippen molar-refractivity contribution in [2.75, 3.05) is 7.11 Å². The first-order valence-electron chi connectivity index (χ1n) is 10.1. The zero-order chi connectivity index (χ0) is 23.1. The quantitative estimate of drug-likeness (QED) is 0.330. The van der Waals surface area contributed by atoms with Crippen LogP contribution in [0.5, 0.6) is 5.75 Å². The van der Waals surface area contributed by atoms with E-state index in [1.54, 1.807) is 36.3 Å². The lowest BCUT2D eigenvalue weighted by atomic mass is 10.0. The van der Waals surface area contributed by atoms with Crippen LogP contribution in [0, 0.1) is 12.7 Å². The van der Waals surface area contributed by atoms with E-state index in [9.17, 15) is 4.39 Å². The molecule has 0 radical (unpaired) electrons. The summed E-state index contributed by atoms with van der Waals surface area (Å²) < 4.78 is 22.7. The highest BCUT2D eigenvalue weighted by Gasteiger charge is 2.22. The van der Waals surface area contributed by atoms with Crippen LogP contribution in [0.2, 0.25) is 5.02 Å². The van der Waals surface area contributed by atoms with Gasteiger partial charge in [0.25, 0.3) is 0 Å². The van der Waals surface area contributed by atoms with Gasteiger partial charge in [-0.15, -0.1) is 10.2 Å². The van der Waals surface area contributed by atoms with E-state index in [1.165, 1.54) is 12.1 Å². The average Bonchev–Trinajstić information content (AvgIpc) is 3.44. The Hall–Kier alpha value is -3.97. The van der Waals surface area contributed by atoms with E-state index in [0.717, 1.165) is 28.1 Å². The van der Waals surface area contributed by atoms with Gasteiger partial charge in [0.1, 0.15) is 17.3 Å². The normalized spacial score (nSPS) is 11.2. The summed E-state index contributed by atoms with van der Waals surface area (Å²) in [7, 11) is 1.62. The van der Waals surface area contributed by atoms with Crippen molar-refractivity contribution in [2.45, 2.75) is 6.92 Å². The standard InChI is InChI=1S/C25H19ClFN5O/c1-15-12-31(14-28-15)22-9-6-18(10-23(22)33-3)24-21-11-19(26)13-32(25(21)30-29-24)16(2)17-4-7-20(27)8-5-17/h4-14H,2H2,1,3H3. The fourth-order valence-corrected chi connectivity index (χ4v) is 3.98. The molecule has 0 amide bonds. The number of aryl methyl sites for hydroxylation is 1. The molecule has 3 heterocycles. The molecule has 0 aliphatic carbocycles. The molecule has 0 saturated carbocycles. The fourth-order valence-electron chi connectivity index (χ4n) is 3.77. The van der Waals surface area contributed by atoms with Gasteiger partial charge in [0, 0.05) is 29.2 Å². The second kappa shape index (κ2) is 8.18. The van der Waals surface area contributed by atoms with Crippen molar-refractivity contribution >= 4 is 17.3 Å². The Morgan fingerprint density at radius 2 is 1.85 bits per heavy atom. The molecule has 33 heavy (non-hydrogen) atoms. The molecule has 2 aliphatic heterocycles. The minimum atomic E-state index is -0.313. The summed E-state index contributed by atoms with van der Waals surface area (Å²) in [6, 6.07) is 13.7. The van der Waals surface area contributed by atoms with E-state index < -0.39 is 0 Å². The molecule has 2 aliphatic rings. The molecule has 0 saturated heterocycles. The van der Waals surface area contributed by atoms with E-state index in [1.807, 2.05) is 42.0 Å². The zero-order valence-corrected chi connectivity index (χ0v) is 18.7. The monoisotopic (exact) mass is 459 g/mol. The Balaban J connectivity index is 1.57. The van der Waals surface area contributed by atoms with Crippen molar-refractivity contribution in [1.82, 2.24) is 24.3 Å². The van der Waals surface area contributed by atoms with Crippen molar-refractivity contribution in [3.8, 4) is 34.1 Å². The van der Waals surface area contributed by atoms with Gasteiger partial charge in [-0.05, 0) is 55.0 Å². The second-order valence-electron chi connectivity index (χ2n) is 7.58. The Kier molecular flexibility index (Phi) is 5.18. The van der Waals surface area contributed by atoms with Crippen molar-refractivity contribution in [2.24, 2.45) is 0 Å². The molecule has 0 atom stereocenters. The van der Waals surface area contributed by atoms with E-state index >= 15 is 0 Å². The summed E-state index contributed by atoms with van der Waals surface area (Å²) >= 11 is 6.45. The van der Waals surface area contributed by atoms with Crippen molar-refractivity contribution in [3.63, 3.8) is 0 Å². The fraction of sp³-hybridized carbons (Fsp3) is 0.0800. The van der Waals surface area contributed by atoms with Crippen LogP contribution in [-0.2, 0) is 0 Å². The van der Waals surface area contributed by atoms with Gasteiger partial charge < -0.3 is 9.30 Å². The summed E-state index contributed by atoms with van der Waals surface area (Å²) in [6.45, 7) is 6.09. The molecule has 0 bridgehead atoms. The number of rotatable bonds is 5. The summed E-state index contributed by atoms with van der Waals surface area (Å²) in [5.41, 5.74) is 5.39. The SMILES string of the molecule is C=C(c1ccc(F)cc1)n1cc(Cl)cc2c(-c3ccc(-n4cnc(C)c4)c(OC)c3)nnc1-2. The number of fused-ring (bicyclic) bond motifs is 1. The Morgan fingerprint density at radius 3 is 2.55 bits per heavy atom. The molecule has 8 heteroatoms. The summed E-state index contributed by atoms with van der Waals surface area (Å²) in [4.78, 5) is 4.29. The maximum Gasteiger partial charge on any atom is 0.169 e. The van der Waals surface area contributed by atoms with E-state index in [0.29, 0.717) is 28.0 Å². The molecule has 164 valence electrons. The zero-order valence-electron chi connectivity index (χ0n) is 18.0. The molecule has 2 aromatic carbocycles. The van der Waals surface area contributed by atoms with Gasteiger partial charge in [-0.1, -0.05) is 24.2 Å². The van der Waals surface area contributed by atoms with Crippen LogP contribution in [0.25, 0.3) is 34.0 Å². The first-order chi connectivity index (χ1) is 15.9. The number of methoxy groups -OCH3 is 1. The van der Waals surface area contributed by atoms with Crippen LogP contribution >= 0.6 is 11.6 Å². The van der Waals surface area contributed by atoms with Gasteiger partial charge in [0.15, 0.2) is 5.82 Å². The number of benzene rings is 2. The van der Waals surface area contributed by atoms with Crippen molar-refractivity contribution in [1.29, 1.82) is 0 Å². The molecule has 0 N–H and O–H groups in total. The molecule has 1 aromatic heterocycles. The van der Waals surface area contributed by atoms with Crippen LogP contribution in [0.4, 0.5) is 4.39 Å². The summed E-state index contributed by atoms with van der Waals surface area (Å²) in [5.74, 6) is 0.954. The van der Waals surface area contributed by atoms with Crippen LogP contribution in [-0.4, -0.2) is 31.4 Å². The molecule has 0 unspecified atom stereocenters. The highest BCUT2D eigenvalue weighted by molar-refractivity contribution is 6.31. The summed E-state index contributed by atoms with van der Waals surface area (Å²) in [6.07, 6.45) is 5.40. The van der Waals surface area contributed by atoms with Gasteiger partial charge >= 0.3 is 0 Å². The molecule has 0 spiro atoms. The lowest BCUT2D eigenvalue weighted by molar-refractivity contribution is 0.413. The molecule has 6 nitrogen and oxygen atoms in total. The third-order valence-corrected chi connectivity index (χ3v) is 5.62. The highest BCUT2D eigenvalue weighted by atomic mass is 35.5. The molecule has 3 aromatic rings. The number of pyridine rings is 1. The molecular weight excluding hydrogens is 441 g/mol. The predicted octanol–water partition coefficient (Wildman–Crippen LogP) is 5.86. The molecule has 0 fully saturated rings. The predicted molar refractivity (Wildman–Crippen MR) is 126 cm³/mol. The lowest BCUT2D eigenvalue weighted by Crippen LogP contribution is -2.04. The van der Waals surface area contributed by atoms with Crippen molar-refractivity contribution < 1.29 is 9.13 Å². The number of aromatic nitrogens is 5. The highest BCUT2D eigenvalue weighted by Crippen LogP contribution is 2.38. The average molecular weight is 460 g/mol. The lowest BCUT2D eigenvalue weighted by Gasteiger charge is -2.15. The first kappa shape index (κ1) is 20.9. The Labute approximate surface area is 194 Å². The Bertz CT molecular complexity index is 1450. The number of hydrogen-bond acceptors (Lipinski definition) is 4. The maximum atomic E-state index is 13.4. The minimum absolute atomic E-state index is 0.313. The Morgan fingerprint density at radius 1 is 1.06 bits per heavy atom.